The maximum Gasteiger partial charge on any atom is -0.0312 e. The van der Waals surface area contributed by atoms with E-state index in [9.17, 15) is 0 Å². The van der Waals surface area contributed by atoms with Gasteiger partial charge in [0.2, 0.25) is 0 Å². The van der Waals surface area contributed by atoms with Gasteiger partial charge >= 0.3 is 0 Å². The molecule has 0 spiro atoms. The Morgan fingerprint density at radius 2 is 0.173 bits per heavy atom. The van der Waals surface area contributed by atoms with Crippen molar-refractivity contribution in [1.29, 1.82) is 0 Å². The zero-order valence-electron chi connectivity index (χ0n) is 30.5. The zero-order valence-corrected chi connectivity index (χ0v) is 30.5. The molecule has 0 aliphatic heterocycles. The second-order valence-corrected chi connectivity index (χ2v) is 29.2. The Kier molecular flexibility index (Phi) is 2.62. The summed E-state index contributed by atoms with van der Waals surface area (Å²) < 4.78 is 0. The highest BCUT2D eigenvalue weighted by atomic mass is 15.0. The molecule has 25 saturated carbocycles. The maximum atomic E-state index is 1.66. The lowest BCUT2D eigenvalue weighted by atomic mass is 9.03. The first-order valence-corrected chi connectivity index (χ1v) is 26.0. The third-order valence-electron chi connectivity index (χ3n) is 33.2. The minimum absolute atomic E-state index is 1.27. The van der Waals surface area contributed by atoms with Crippen LogP contribution in [0.4, 0.5) is 0 Å². The van der Waals surface area contributed by atoms with E-state index in [2.05, 4.69) is 0 Å². The molecule has 0 amide bonds. The van der Waals surface area contributed by atoms with Crippen molar-refractivity contribution in [2.45, 2.75) is 25.7 Å². The third-order valence-corrected chi connectivity index (χ3v) is 33.2. The molecule has 0 bridgehead atoms. The fourth-order valence-corrected chi connectivity index (χ4v) is 33.8. The molecule has 44 atom stereocenters. The summed E-state index contributed by atoms with van der Waals surface area (Å²) in [6.45, 7) is 0. The van der Waals surface area contributed by atoms with E-state index in [4.69, 9.17) is 0 Å². The van der Waals surface area contributed by atoms with Gasteiger partial charge in [0.05, 0.1) is 0 Å². The summed E-state index contributed by atoms with van der Waals surface area (Å²) in [6, 6.07) is 0. The summed E-state index contributed by atoms with van der Waals surface area (Å²) in [6.07, 6.45) is 6.64. The van der Waals surface area contributed by atoms with Gasteiger partial charge in [-0.3, -0.25) is 0 Å². The fourth-order valence-electron chi connectivity index (χ4n) is 33.8. The van der Waals surface area contributed by atoms with Crippen molar-refractivity contribution in [3.05, 3.63) is 0 Å². The molecule has 0 heteroatoms. The lowest BCUT2D eigenvalue weighted by molar-refractivity contribution is -0.551. The van der Waals surface area contributed by atoms with Crippen LogP contribution < -0.4 is 0 Å². The maximum absolute atomic E-state index is 1.66. The van der Waals surface area contributed by atoms with E-state index in [1.807, 2.05) is 0 Å². The van der Waals surface area contributed by atoms with Crippen molar-refractivity contribution in [3.63, 3.8) is 0 Å². The Morgan fingerprint density at radius 1 is 0.0962 bits per heavy atom. The van der Waals surface area contributed by atoms with Crippen molar-refractivity contribution in [2.75, 3.05) is 0 Å². The van der Waals surface area contributed by atoms with Gasteiger partial charge < -0.3 is 0 Å². The average Bonchev–Trinajstić information content (AvgIpc) is 3.05. The second-order valence-electron chi connectivity index (χ2n) is 29.2. The summed E-state index contributed by atoms with van der Waals surface area (Å²) >= 11 is 0. The van der Waals surface area contributed by atoms with Crippen LogP contribution in [0, 0.1) is 284 Å². The molecule has 0 radical (unpaired) electrons. The topological polar surface area (TPSA) is 0 Å². The van der Waals surface area contributed by atoms with Gasteiger partial charge in [-0.05, 0) is 310 Å². The standard InChI is InChI=1S/C52H56/c1-2-6-5(1)9-10(6)14-13(9)17-18(14)22-21(17)25-26(22)30-29(25)33-34(30)38-37(33)41-42(38)46-45(41)49-50(46)52-48-44-40-36-32-28-24-20-16-12-8-4-3-7(8)11(12)15(16)19(20)23(24)27(28)31(32)35(36)39(40)43(44)47(48)51(49)52/h5-52H,1-4H2. The van der Waals surface area contributed by atoms with Gasteiger partial charge in [-0.15, -0.1) is 0 Å². The van der Waals surface area contributed by atoms with E-state index in [-0.39, 0.29) is 0 Å². The highest BCUT2D eigenvalue weighted by Crippen LogP contribution is 3.03. The summed E-state index contributed by atoms with van der Waals surface area (Å²) in [5.74, 6) is 63.4. The van der Waals surface area contributed by atoms with Crippen molar-refractivity contribution >= 4 is 0 Å². The van der Waals surface area contributed by atoms with Gasteiger partial charge in [0.1, 0.15) is 0 Å². The Morgan fingerprint density at radius 3 is 0.250 bits per heavy atom. The monoisotopic (exact) mass is 680 g/mol. The van der Waals surface area contributed by atoms with E-state index in [1.54, 1.807) is 25.7 Å². The molecule has 0 nitrogen and oxygen atoms in total. The smallest absolute Gasteiger partial charge is 0.0312 e. The minimum atomic E-state index is 1.27. The molecule has 25 aliphatic rings. The average molecular weight is 681 g/mol. The van der Waals surface area contributed by atoms with Crippen LogP contribution in [-0.4, -0.2) is 0 Å². The molecular weight excluding hydrogens is 625 g/mol. The molecule has 0 saturated heterocycles. The van der Waals surface area contributed by atoms with Crippen LogP contribution in [0.5, 0.6) is 0 Å². The number of rotatable bonds is 0. The van der Waals surface area contributed by atoms with Crippen LogP contribution in [0.15, 0.2) is 0 Å². The van der Waals surface area contributed by atoms with Crippen molar-refractivity contribution in [1.82, 2.24) is 0 Å². The van der Waals surface area contributed by atoms with Crippen molar-refractivity contribution < 1.29 is 0 Å². The largest absolute Gasteiger partial charge is 0.0496 e. The first-order chi connectivity index (χ1) is 26.0. The van der Waals surface area contributed by atoms with Crippen molar-refractivity contribution in [3.8, 4) is 0 Å². The molecule has 52 heavy (non-hydrogen) atoms. The molecule has 25 fully saturated rings. The van der Waals surface area contributed by atoms with Crippen LogP contribution in [0.25, 0.3) is 0 Å². The fraction of sp³-hybridized carbons (Fsp3) is 1.00. The van der Waals surface area contributed by atoms with E-state index in [0.717, 1.165) is 0 Å². The van der Waals surface area contributed by atoms with Gasteiger partial charge in [-0.1, -0.05) is 0 Å². The lowest BCUT2D eigenvalue weighted by Crippen LogP contribution is -2.98. The molecule has 25 aliphatic carbocycles. The van der Waals surface area contributed by atoms with Crippen LogP contribution in [0.1, 0.15) is 25.7 Å². The highest BCUT2D eigenvalue weighted by molar-refractivity contribution is 5.46. The van der Waals surface area contributed by atoms with Crippen LogP contribution >= 0.6 is 0 Å². The van der Waals surface area contributed by atoms with E-state index >= 15 is 0 Å². The second kappa shape index (κ2) is 5.82. The van der Waals surface area contributed by atoms with Gasteiger partial charge in [0, 0.05) is 0 Å². The van der Waals surface area contributed by atoms with E-state index < -0.39 is 0 Å². The predicted molar refractivity (Wildman–Crippen MR) is 186 cm³/mol. The molecule has 0 aromatic rings. The van der Waals surface area contributed by atoms with Gasteiger partial charge in [0.15, 0.2) is 0 Å². The highest BCUT2D eigenvalue weighted by Gasteiger charge is 3.00. The molecule has 25 rings (SSSR count). The third kappa shape index (κ3) is 1.43. The van der Waals surface area contributed by atoms with Crippen molar-refractivity contribution in [2.24, 2.45) is 284 Å². The summed E-state index contributed by atoms with van der Waals surface area (Å²) in [5.41, 5.74) is 0. The number of fused-ring (bicyclic) bond motifs is 70. The zero-order chi connectivity index (χ0) is 30.5. The van der Waals surface area contributed by atoms with Gasteiger partial charge in [-0.2, -0.15) is 0 Å². The van der Waals surface area contributed by atoms with Gasteiger partial charge in [0.25, 0.3) is 0 Å². The first kappa shape index (κ1) is 23.4. The molecule has 0 N–H and O–H groups in total. The molecule has 0 aromatic carbocycles. The molecular formula is C52H56. The van der Waals surface area contributed by atoms with E-state index in [0.29, 0.717) is 0 Å². The molecule has 0 aromatic heterocycles. The Balaban J connectivity index is 0.490. The Bertz CT molecular complexity index is 1830. The molecule has 44 unspecified atom stereocenters. The summed E-state index contributed by atoms with van der Waals surface area (Å²) in [5, 5.41) is 0. The van der Waals surface area contributed by atoms with Gasteiger partial charge in [-0.25, -0.2) is 0 Å². The van der Waals surface area contributed by atoms with Crippen LogP contribution in [-0.2, 0) is 0 Å². The lowest BCUT2D eigenvalue weighted by Gasteiger charge is -3.02. The Labute approximate surface area is 308 Å². The number of hydrogen-bond donors (Lipinski definition) is 0. The predicted octanol–water partition coefficient (Wildman–Crippen LogP) is 7.46. The SMILES string of the molecule is C1CC2C1C1C2C2C1C1C2C2C1C1C2C2C1C1C2C2C1C1C2C2C1C1C2C2C3C4C5C6C7C8C9C%10C%11C%12C%13CCC%13C%12C%11C%10C9C8C7C6C5C4C3C12. The van der Waals surface area contributed by atoms with Crippen LogP contribution in [0.3, 0.4) is 0 Å². The molecule has 264 valence electrons. The summed E-state index contributed by atoms with van der Waals surface area (Å²) in [4.78, 5) is 0. The first-order valence-electron chi connectivity index (χ1n) is 26.0. The summed E-state index contributed by atoms with van der Waals surface area (Å²) in [7, 11) is 0. The molecule has 0 heterocycles. The minimum Gasteiger partial charge on any atom is -0.0496 e. The van der Waals surface area contributed by atoms with E-state index in [1.165, 1.54) is 284 Å². The van der Waals surface area contributed by atoms with Crippen LogP contribution in [0.2, 0.25) is 0 Å². The normalized spacial score (nSPS) is 102. The quantitative estimate of drug-likeness (QED) is 0.233. The Hall–Kier alpha value is 0. The number of hydrogen-bond acceptors (Lipinski definition) is 0.